The number of nitrogens with one attached hydrogen (secondary N) is 1. The standard InChI is InChI=1S/C28H41N5O3S/c1-18(2)23-8-7-19(3)11-26(35)33-15-20-12-21(24(33)5-4-6-25(34)30-23)16-31(14-20)17-22-13-27(36)32-9-10-37-28(32)29-22/h9-10,13,18-21,23-24H,4-8,11-12,14-17H2,1-3H3,(H,30,34)/t19-,20+,21-,23+,24+/m1/s1. The third-order valence-corrected chi connectivity index (χ3v) is 9.41. The van der Waals surface area contributed by atoms with Gasteiger partial charge in [0.1, 0.15) is 0 Å². The van der Waals surface area contributed by atoms with Crippen molar-refractivity contribution in [3.05, 3.63) is 33.7 Å². The van der Waals surface area contributed by atoms with Crippen LogP contribution in [-0.2, 0) is 16.1 Å². The van der Waals surface area contributed by atoms with Gasteiger partial charge in [0.15, 0.2) is 4.96 Å². The molecule has 8 nitrogen and oxygen atoms in total. The zero-order valence-corrected chi connectivity index (χ0v) is 23.2. The Balaban J connectivity index is 1.31. The number of nitrogens with zero attached hydrogens (tertiary/aromatic N) is 4. The quantitative estimate of drug-likeness (QED) is 0.660. The number of amides is 2. The van der Waals surface area contributed by atoms with Crippen molar-refractivity contribution in [2.75, 3.05) is 19.6 Å². The Labute approximate surface area is 223 Å². The van der Waals surface area contributed by atoms with E-state index in [9.17, 15) is 14.4 Å². The molecule has 9 heteroatoms. The lowest BCUT2D eigenvalue weighted by Gasteiger charge is -2.51. The molecule has 202 valence electrons. The van der Waals surface area contributed by atoms with Gasteiger partial charge in [-0.05, 0) is 55.8 Å². The Morgan fingerprint density at radius 3 is 2.78 bits per heavy atom. The van der Waals surface area contributed by atoms with Crippen LogP contribution in [0.15, 0.2) is 22.4 Å². The highest BCUT2D eigenvalue weighted by Crippen LogP contribution is 2.37. The average Bonchev–Trinajstić information content (AvgIpc) is 3.31. The van der Waals surface area contributed by atoms with E-state index in [-0.39, 0.29) is 29.5 Å². The van der Waals surface area contributed by atoms with Crippen molar-refractivity contribution in [1.29, 1.82) is 0 Å². The molecule has 37 heavy (non-hydrogen) atoms. The van der Waals surface area contributed by atoms with Crippen molar-refractivity contribution in [2.45, 2.75) is 84.3 Å². The maximum absolute atomic E-state index is 13.6. The molecule has 0 radical (unpaired) electrons. The second-order valence-corrected chi connectivity index (χ2v) is 12.9. The predicted octanol–water partition coefficient (Wildman–Crippen LogP) is 3.54. The van der Waals surface area contributed by atoms with Crippen LogP contribution in [-0.4, -0.2) is 62.7 Å². The first kappa shape index (κ1) is 26.4. The van der Waals surface area contributed by atoms with Crippen LogP contribution in [0.3, 0.4) is 0 Å². The monoisotopic (exact) mass is 527 g/mol. The largest absolute Gasteiger partial charge is 0.353 e. The van der Waals surface area contributed by atoms with Crippen LogP contribution in [0.1, 0.15) is 71.4 Å². The predicted molar refractivity (Wildman–Crippen MR) is 145 cm³/mol. The minimum Gasteiger partial charge on any atom is -0.353 e. The van der Waals surface area contributed by atoms with E-state index in [2.05, 4.69) is 35.9 Å². The van der Waals surface area contributed by atoms with Gasteiger partial charge in [0.2, 0.25) is 11.8 Å². The first-order valence-corrected chi connectivity index (χ1v) is 14.9. The number of carbonyl (C=O) groups is 2. The number of likely N-dealkylation sites (tertiary alicyclic amines) is 1. The van der Waals surface area contributed by atoms with Crippen molar-refractivity contribution in [2.24, 2.45) is 23.7 Å². The molecule has 5 rings (SSSR count). The Morgan fingerprint density at radius 2 is 1.97 bits per heavy atom. The SMILES string of the molecule is CC(C)[C@@H]1CC[C@@H](C)CC(=O)N2C[C@H]3C[C@H](CN(Cc4cc(=O)n5ccsc5n4)C3)[C@@H]2CCCC(=O)N1. The number of aromatic nitrogens is 2. The molecule has 0 saturated carbocycles. The van der Waals surface area contributed by atoms with Crippen LogP contribution in [0, 0.1) is 23.7 Å². The first-order valence-electron chi connectivity index (χ1n) is 14.0. The van der Waals surface area contributed by atoms with Crippen molar-refractivity contribution in [3.8, 4) is 0 Å². The van der Waals surface area contributed by atoms with Gasteiger partial charge in [-0.15, -0.1) is 11.3 Å². The molecule has 2 aromatic heterocycles. The molecule has 0 spiro atoms. The molecule has 3 aliphatic rings. The van der Waals surface area contributed by atoms with Crippen molar-refractivity contribution in [3.63, 3.8) is 0 Å². The molecule has 3 saturated heterocycles. The number of rotatable bonds is 3. The Hall–Kier alpha value is -2.26. The molecule has 3 aliphatic heterocycles. The van der Waals surface area contributed by atoms with Gasteiger partial charge in [0, 0.05) is 68.7 Å². The van der Waals surface area contributed by atoms with E-state index in [1.165, 1.54) is 11.3 Å². The van der Waals surface area contributed by atoms with Crippen molar-refractivity contribution >= 4 is 28.1 Å². The summed E-state index contributed by atoms with van der Waals surface area (Å²) in [6, 6.07) is 2.01. The van der Waals surface area contributed by atoms with E-state index >= 15 is 0 Å². The van der Waals surface area contributed by atoms with E-state index in [0.29, 0.717) is 43.1 Å². The summed E-state index contributed by atoms with van der Waals surface area (Å²) in [6.45, 7) is 9.78. The summed E-state index contributed by atoms with van der Waals surface area (Å²) >= 11 is 1.48. The van der Waals surface area contributed by atoms with Gasteiger partial charge in [-0.3, -0.25) is 23.7 Å². The van der Waals surface area contributed by atoms with Crippen LogP contribution in [0.2, 0.25) is 0 Å². The number of piperidine rings is 2. The normalized spacial score (nSPS) is 30.4. The number of hydrogen-bond donors (Lipinski definition) is 1. The summed E-state index contributed by atoms with van der Waals surface area (Å²) < 4.78 is 1.59. The van der Waals surface area contributed by atoms with Crippen LogP contribution in [0.5, 0.6) is 0 Å². The van der Waals surface area contributed by atoms with Gasteiger partial charge >= 0.3 is 0 Å². The maximum atomic E-state index is 13.6. The fraction of sp³-hybridized carbons (Fsp3) is 0.714. The third-order valence-electron chi connectivity index (χ3n) is 8.66. The number of thiazole rings is 1. The lowest BCUT2D eigenvalue weighted by molar-refractivity contribution is -0.142. The summed E-state index contributed by atoms with van der Waals surface area (Å²) in [5, 5.41) is 5.16. The van der Waals surface area contributed by atoms with Gasteiger partial charge in [-0.1, -0.05) is 20.8 Å². The van der Waals surface area contributed by atoms with Crippen LogP contribution in [0.4, 0.5) is 0 Å². The van der Waals surface area contributed by atoms with Gasteiger partial charge in [0.25, 0.3) is 5.56 Å². The molecule has 2 amide bonds. The molecular formula is C28H41N5O3S. The second kappa shape index (κ2) is 11.2. The number of fused-ring (bicyclic) bond motifs is 5. The van der Waals surface area contributed by atoms with E-state index in [1.807, 2.05) is 5.38 Å². The Bertz CT molecular complexity index is 1180. The lowest BCUT2D eigenvalue weighted by Crippen LogP contribution is -2.59. The summed E-state index contributed by atoms with van der Waals surface area (Å²) in [4.78, 5) is 48.9. The summed E-state index contributed by atoms with van der Waals surface area (Å²) in [7, 11) is 0. The number of carbonyl (C=O) groups excluding carboxylic acids is 2. The highest BCUT2D eigenvalue weighted by Gasteiger charge is 2.42. The minimum absolute atomic E-state index is 0.0300. The van der Waals surface area contributed by atoms with Crippen LogP contribution in [0.25, 0.3) is 4.96 Å². The van der Waals surface area contributed by atoms with E-state index < -0.39 is 0 Å². The maximum Gasteiger partial charge on any atom is 0.258 e. The number of hydrogen-bond acceptors (Lipinski definition) is 6. The molecule has 2 bridgehead atoms. The first-order chi connectivity index (χ1) is 17.8. The molecule has 2 aromatic rings. The molecule has 0 aromatic carbocycles. The highest BCUT2D eigenvalue weighted by atomic mass is 32.1. The zero-order chi connectivity index (χ0) is 26.1. The molecule has 0 unspecified atom stereocenters. The topological polar surface area (TPSA) is 87.0 Å². The van der Waals surface area contributed by atoms with E-state index in [0.717, 1.165) is 62.4 Å². The van der Waals surface area contributed by atoms with Crippen molar-refractivity contribution < 1.29 is 9.59 Å². The van der Waals surface area contributed by atoms with E-state index in [4.69, 9.17) is 4.98 Å². The third kappa shape index (κ3) is 6.08. The fourth-order valence-electron chi connectivity index (χ4n) is 6.74. The summed E-state index contributed by atoms with van der Waals surface area (Å²) in [5.41, 5.74) is 0.790. The van der Waals surface area contributed by atoms with Crippen LogP contribution >= 0.6 is 11.3 Å². The average molecular weight is 528 g/mol. The summed E-state index contributed by atoms with van der Waals surface area (Å²) in [5.74, 6) is 1.95. The van der Waals surface area contributed by atoms with Crippen LogP contribution < -0.4 is 10.9 Å². The molecule has 3 fully saturated rings. The van der Waals surface area contributed by atoms with Gasteiger partial charge < -0.3 is 10.2 Å². The van der Waals surface area contributed by atoms with Crippen molar-refractivity contribution in [1.82, 2.24) is 24.5 Å². The van der Waals surface area contributed by atoms with Gasteiger partial charge in [-0.25, -0.2) is 4.98 Å². The fourth-order valence-corrected chi connectivity index (χ4v) is 7.48. The highest BCUT2D eigenvalue weighted by molar-refractivity contribution is 7.15. The molecule has 5 atom stereocenters. The molecule has 5 heterocycles. The molecular weight excluding hydrogens is 486 g/mol. The molecule has 1 N–H and O–H groups in total. The zero-order valence-electron chi connectivity index (χ0n) is 22.4. The minimum atomic E-state index is -0.0300. The Morgan fingerprint density at radius 1 is 1.14 bits per heavy atom. The summed E-state index contributed by atoms with van der Waals surface area (Å²) in [6.07, 6.45) is 7.56. The van der Waals surface area contributed by atoms with Gasteiger partial charge in [-0.2, -0.15) is 0 Å². The van der Waals surface area contributed by atoms with Gasteiger partial charge in [0.05, 0.1) is 5.69 Å². The van der Waals surface area contributed by atoms with E-state index in [1.54, 1.807) is 16.7 Å². The Kier molecular flexibility index (Phi) is 8.00. The smallest absolute Gasteiger partial charge is 0.258 e. The second-order valence-electron chi connectivity index (χ2n) is 12.0. The molecule has 0 aliphatic carbocycles. The lowest BCUT2D eigenvalue weighted by atomic mass is 9.77.